The molecule has 0 radical (unpaired) electrons. The number of piperidine rings is 1. The van der Waals surface area contributed by atoms with Crippen molar-refractivity contribution in [1.82, 2.24) is 9.88 Å². The van der Waals surface area contributed by atoms with Gasteiger partial charge in [0, 0.05) is 42.1 Å². The van der Waals surface area contributed by atoms with E-state index in [-0.39, 0.29) is 18.3 Å². The molecular weight excluding hydrogens is 577 g/mol. The lowest BCUT2D eigenvalue weighted by atomic mass is 10.0. The number of hydrogen-bond donors (Lipinski definition) is 2. The molecule has 7 nitrogen and oxygen atoms in total. The van der Waals surface area contributed by atoms with E-state index in [1.165, 1.54) is 12.1 Å². The second kappa shape index (κ2) is 14.3. The third-order valence-corrected chi connectivity index (χ3v) is 8.05. The highest BCUT2D eigenvalue weighted by atomic mass is 35.5. The zero-order chi connectivity index (χ0) is 31.1. The van der Waals surface area contributed by atoms with Gasteiger partial charge in [0.15, 0.2) is 0 Å². The lowest BCUT2D eigenvalue weighted by Crippen LogP contribution is -2.30. The number of likely N-dealkylation sites (tertiary alicyclic amines) is 1. The molecule has 3 aromatic carbocycles. The number of rotatable bonds is 10. The molecule has 9 heteroatoms. The van der Waals surface area contributed by atoms with Crippen LogP contribution in [0.5, 0.6) is 5.75 Å². The molecule has 1 aliphatic heterocycles. The molecule has 2 heterocycles. The summed E-state index contributed by atoms with van der Waals surface area (Å²) in [6.45, 7) is 7.37. The fraction of sp³-hybridized carbons (Fsp3) is 0.286. The molecular formula is C35H35ClFN5O2. The molecule has 2 N–H and O–H groups in total. The number of aryl methyl sites for hydroxylation is 1. The number of hydrogen-bond acceptors (Lipinski definition) is 6. The van der Waals surface area contributed by atoms with Gasteiger partial charge in [-0.05, 0) is 79.4 Å². The van der Waals surface area contributed by atoms with Gasteiger partial charge >= 0.3 is 0 Å². The number of anilines is 3. The maximum absolute atomic E-state index is 13.5. The molecule has 1 aliphatic rings. The number of ether oxygens (including phenoxy) is 1. The van der Waals surface area contributed by atoms with Gasteiger partial charge in [-0.15, -0.1) is 0 Å². The van der Waals surface area contributed by atoms with Crippen LogP contribution in [0.15, 0.2) is 72.4 Å². The summed E-state index contributed by atoms with van der Waals surface area (Å²) in [6, 6.07) is 17.5. The second-order valence-corrected chi connectivity index (χ2v) is 11.3. The van der Waals surface area contributed by atoms with Crippen LogP contribution < -0.4 is 15.4 Å². The standard InChI is InChI=1S/C35H35ClFN5O2/c1-3-6-25-17-32-29(19-31(25)41-34(43)16-23-11-13-42(4-2)14-12-23)35(26(20-38)21-39-32)40-28-9-10-33(30(36)18-28)44-22-24-7-5-8-27(37)15-24/h5,7-10,15-19,21H,3-4,6,11-14,22H2,1-2H3,(H,39,40)(H,41,43). The van der Waals surface area contributed by atoms with Crippen LogP contribution >= 0.6 is 11.6 Å². The van der Waals surface area contributed by atoms with E-state index in [2.05, 4.69) is 40.4 Å². The Hall–Kier alpha value is -4.45. The molecule has 0 unspecified atom stereocenters. The van der Waals surface area contributed by atoms with Crippen LogP contribution in [0.4, 0.5) is 21.5 Å². The second-order valence-electron chi connectivity index (χ2n) is 10.9. The van der Waals surface area contributed by atoms with E-state index < -0.39 is 0 Å². The fourth-order valence-electron chi connectivity index (χ4n) is 5.38. The number of nitrogens with zero attached hydrogens (tertiary/aromatic N) is 3. The molecule has 226 valence electrons. The first-order valence-corrected chi connectivity index (χ1v) is 15.3. The number of benzene rings is 3. The van der Waals surface area contributed by atoms with E-state index in [4.69, 9.17) is 16.3 Å². The van der Waals surface area contributed by atoms with Crippen LogP contribution in [-0.4, -0.2) is 35.4 Å². The Kier molecular flexibility index (Phi) is 10.1. The third-order valence-electron chi connectivity index (χ3n) is 7.76. The Bertz CT molecular complexity index is 1740. The molecule has 5 rings (SSSR count). The minimum Gasteiger partial charge on any atom is -0.487 e. The highest BCUT2D eigenvalue weighted by Crippen LogP contribution is 2.35. The summed E-state index contributed by atoms with van der Waals surface area (Å²) in [6.07, 6.45) is 6.73. The summed E-state index contributed by atoms with van der Waals surface area (Å²) >= 11 is 6.55. The van der Waals surface area contributed by atoms with Gasteiger partial charge in [-0.25, -0.2) is 4.39 Å². The molecule has 1 fully saturated rings. The van der Waals surface area contributed by atoms with Crippen LogP contribution in [0.3, 0.4) is 0 Å². The monoisotopic (exact) mass is 611 g/mol. The lowest BCUT2D eigenvalue weighted by molar-refractivity contribution is -0.112. The molecule has 0 saturated carbocycles. The zero-order valence-electron chi connectivity index (χ0n) is 24.9. The normalized spacial score (nSPS) is 13.4. The van der Waals surface area contributed by atoms with Crippen molar-refractivity contribution in [2.45, 2.75) is 46.1 Å². The largest absolute Gasteiger partial charge is 0.487 e. The van der Waals surface area contributed by atoms with Crippen molar-refractivity contribution >= 4 is 45.5 Å². The first-order valence-electron chi connectivity index (χ1n) is 14.9. The number of carbonyl (C=O) groups is 1. The predicted octanol–water partition coefficient (Wildman–Crippen LogP) is 8.15. The van der Waals surface area contributed by atoms with Crippen LogP contribution in [0, 0.1) is 17.1 Å². The van der Waals surface area contributed by atoms with Crippen molar-refractivity contribution < 1.29 is 13.9 Å². The number of fused-ring (bicyclic) bond motifs is 1. The van der Waals surface area contributed by atoms with Crippen molar-refractivity contribution in [1.29, 1.82) is 5.26 Å². The number of carbonyl (C=O) groups excluding carboxylic acids is 1. The maximum atomic E-state index is 13.5. The van der Waals surface area contributed by atoms with Crippen LogP contribution in [0.1, 0.15) is 49.8 Å². The zero-order valence-corrected chi connectivity index (χ0v) is 25.7. The summed E-state index contributed by atoms with van der Waals surface area (Å²) < 4.78 is 19.3. The van der Waals surface area contributed by atoms with Gasteiger partial charge in [0.25, 0.3) is 0 Å². The highest BCUT2D eigenvalue weighted by molar-refractivity contribution is 6.32. The van der Waals surface area contributed by atoms with Crippen molar-refractivity contribution in [3.05, 3.63) is 100.0 Å². The quantitative estimate of drug-likeness (QED) is 0.176. The number of pyridine rings is 1. The van der Waals surface area contributed by atoms with Crippen LogP contribution in [0.2, 0.25) is 5.02 Å². The van der Waals surface area contributed by atoms with Gasteiger partial charge in [-0.3, -0.25) is 9.78 Å². The average Bonchev–Trinajstić information content (AvgIpc) is 3.02. The van der Waals surface area contributed by atoms with Crippen molar-refractivity contribution in [2.24, 2.45) is 0 Å². The third kappa shape index (κ3) is 7.54. The number of nitriles is 1. The Morgan fingerprint density at radius 2 is 1.98 bits per heavy atom. The van der Waals surface area contributed by atoms with Crippen molar-refractivity contribution in [2.75, 3.05) is 30.3 Å². The summed E-state index contributed by atoms with van der Waals surface area (Å²) in [4.78, 5) is 20.1. The summed E-state index contributed by atoms with van der Waals surface area (Å²) in [5, 5.41) is 17.5. The van der Waals surface area contributed by atoms with E-state index in [9.17, 15) is 14.4 Å². The van der Waals surface area contributed by atoms with Gasteiger partial charge in [-0.2, -0.15) is 5.26 Å². The highest BCUT2D eigenvalue weighted by Gasteiger charge is 2.17. The number of nitrogens with one attached hydrogen (secondary N) is 2. The van der Waals surface area contributed by atoms with E-state index in [1.54, 1.807) is 42.6 Å². The van der Waals surface area contributed by atoms with Gasteiger partial charge in [0.1, 0.15) is 24.2 Å². The predicted molar refractivity (Wildman–Crippen MR) is 174 cm³/mol. The van der Waals surface area contributed by atoms with Gasteiger partial charge in [0.2, 0.25) is 5.91 Å². The van der Waals surface area contributed by atoms with E-state index >= 15 is 0 Å². The Morgan fingerprint density at radius 1 is 1.16 bits per heavy atom. The minimum absolute atomic E-state index is 0.152. The van der Waals surface area contributed by atoms with Gasteiger partial charge < -0.3 is 20.3 Å². The van der Waals surface area contributed by atoms with E-state index in [0.717, 1.165) is 56.5 Å². The minimum atomic E-state index is -0.330. The first-order chi connectivity index (χ1) is 21.4. The Morgan fingerprint density at radius 3 is 2.68 bits per heavy atom. The molecule has 1 aromatic heterocycles. The Labute approximate surface area is 262 Å². The van der Waals surface area contributed by atoms with Gasteiger partial charge in [0.05, 0.1) is 21.8 Å². The Balaban J connectivity index is 1.41. The molecule has 1 saturated heterocycles. The number of halogens is 2. The fourth-order valence-corrected chi connectivity index (χ4v) is 5.61. The smallest absolute Gasteiger partial charge is 0.248 e. The molecule has 0 bridgehead atoms. The maximum Gasteiger partial charge on any atom is 0.248 e. The van der Waals surface area contributed by atoms with Crippen molar-refractivity contribution in [3.8, 4) is 11.8 Å². The van der Waals surface area contributed by atoms with Crippen LogP contribution in [-0.2, 0) is 17.8 Å². The lowest BCUT2D eigenvalue weighted by Gasteiger charge is -2.26. The molecule has 0 spiro atoms. The number of amides is 1. The van der Waals surface area contributed by atoms with Gasteiger partial charge in [-0.1, -0.05) is 49.6 Å². The molecule has 0 atom stereocenters. The summed E-state index contributed by atoms with van der Waals surface area (Å²) in [7, 11) is 0. The van der Waals surface area contributed by atoms with Crippen molar-refractivity contribution in [3.63, 3.8) is 0 Å². The van der Waals surface area contributed by atoms with E-state index in [1.807, 2.05) is 12.1 Å². The van der Waals surface area contributed by atoms with E-state index in [0.29, 0.717) is 49.9 Å². The molecule has 1 amide bonds. The molecule has 44 heavy (non-hydrogen) atoms. The summed E-state index contributed by atoms with van der Waals surface area (Å²) in [5.74, 6) is -0.0321. The SMILES string of the molecule is CCCc1cc2ncc(C#N)c(Nc3ccc(OCc4cccc(F)c4)c(Cl)c3)c2cc1NC(=O)C=C1CCN(CC)CC1. The first kappa shape index (κ1) is 31.0. The average molecular weight is 612 g/mol. The topological polar surface area (TPSA) is 90.3 Å². The molecule has 4 aromatic rings. The number of aromatic nitrogens is 1. The summed E-state index contributed by atoms with van der Waals surface area (Å²) in [5.41, 5.74) is 5.79. The molecule has 0 aliphatic carbocycles. The van der Waals surface area contributed by atoms with Crippen LogP contribution in [0.25, 0.3) is 10.9 Å².